The Kier molecular flexibility index (Phi) is 5.84. The standard InChI is InChI=1S/C20H26N4O4S/c1-2-3-11-24-18(26)22-23-19(24)29-13-17(25)21-14-7-8-15-16(12-14)28-20(27-15)9-5-4-6-10-20/h7-8,12H,2-6,9-11,13H2,1H3,(H,21,25)(H,22,26). The fourth-order valence-electron chi connectivity index (χ4n) is 3.72. The Morgan fingerprint density at radius 1 is 1.28 bits per heavy atom. The van der Waals surface area contributed by atoms with Crippen molar-refractivity contribution < 1.29 is 14.3 Å². The fraction of sp³-hybridized carbons (Fsp3) is 0.550. The van der Waals surface area contributed by atoms with E-state index in [1.807, 2.05) is 18.2 Å². The van der Waals surface area contributed by atoms with Crippen molar-refractivity contribution in [1.82, 2.24) is 14.8 Å². The van der Waals surface area contributed by atoms with E-state index >= 15 is 0 Å². The Hall–Kier alpha value is -2.42. The topological polar surface area (TPSA) is 98.2 Å². The van der Waals surface area contributed by atoms with Gasteiger partial charge >= 0.3 is 5.69 Å². The summed E-state index contributed by atoms with van der Waals surface area (Å²) in [6.45, 7) is 2.66. The summed E-state index contributed by atoms with van der Waals surface area (Å²) < 4.78 is 13.8. The Labute approximate surface area is 173 Å². The predicted molar refractivity (Wildman–Crippen MR) is 111 cm³/mol. The minimum atomic E-state index is -0.527. The molecule has 4 rings (SSSR count). The Balaban J connectivity index is 1.35. The van der Waals surface area contributed by atoms with Crippen LogP contribution in [0.3, 0.4) is 0 Å². The highest BCUT2D eigenvalue weighted by Gasteiger charge is 2.42. The molecule has 156 valence electrons. The summed E-state index contributed by atoms with van der Waals surface area (Å²) in [6, 6.07) is 5.48. The van der Waals surface area contributed by atoms with Gasteiger partial charge in [-0.3, -0.25) is 9.36 Å². The summed E-state index contributed by atoms with van der Waals surface area (Å²) in [6.07, 6.45) is 7.07. The lowest BCUT2D eigenvalue weighted by molar-refractivity contribution is -0.113. The van der Waals surface area contributed by atoms with Crippen molar-refractivity contribution in [2.45, 2.75) is 69.4 Å². The molecular formula is C20H26N4O4S. The van der Waals surface area contributed by atoms with Gasteiger partial charge in [0.05, 0.1) is 5.75 Å². The minimum Gasteiger partial charge on any atom is -0.448 e. The SMILES string of the molecule is CCCCn1c(SCC(=O)Nc2ccc3c(c2)OC2(CCCCC2)O3)n[nH]c1=O. The van der Waals surface area contributed by atoms with Crippen LogP contribution >= 0.6 is 11.8 Å². The van der Waals surface area contributed by atoms with Gasteiger partial charge in [-0.1, -0.05) is 31.5 Å². The summed E-state index contributed by atoms with van der Waals surface area (Å²) in [5.74, 6) is 0.878. The third kappa shape index (κ3) is 4.44. The number of unbranched alkanes of at least 4 members (excludes halogenated alkanes) is 1. The molecule has 1 saturated carbocycles. The van der Waals surface area contributed by atoms with Crippen LogP contribution in [0.25, 0.3) is 0 Å². The molecule has 8 nitrogen and oxygen atoms in total. The number of carbonyl (C=O) groups is 1. The lowest BCUT2D eigenvalue weighted by atomic mass is 9.94. The molecule has 29 heavy (non-hydrogen) atoms. The number of nitrogens with zero attached hydrogens (tertiary/aromatic N) is 2. The quantitative estimate of drug-likeness (QED) is 0.668. The zero-order valence-corrected chi connectivity index (χ0v) is 17.3. The van der Waals surface area contributed by atoms with Crippen LogP contribution < -0.4 is 20.5 Å². The van der Waals surface area contributed by atoms with Gasteiger partial charge in [0.1, 0.15) is 0 Å². The largest absolute Gasteiger partial charge is 0.448 e. The Bertz CT molecular complexity index is 933. The minimum absolute atomic E-state index is 0.162. The molecule has 1 spiro atoms. The zero-order valence-electron chi connectivity index (χ0n) is 16.5. The van der Waals surface area contributed by atoms with E-state index in [4.69, 9.17) is 9.47 Å². The number of hydrogen-bond donors (Lipinski definition) is 2. The molecule has 1 fully saturated rings. The molecule has 1 aromatic heterocycles. The number of rotatable bonds is 7. The molecule has 1 amide bonds. The summed E-state index contributed by atoms with van der Waals surface area (Å²) in [4.78, 5) is 24.2. The monoisotopic (exact) mass is 418 g/mol. The van der Waals surface area contributed by atoms with Crippen LogP contribution in [-0.4, -0.2) is 32.2 Å². The zero-order chi connectivity index (χ0) is 20.3. The molecule has 0 saturated heterocycles. The van der Waals surface area contributed by atoms with E-state index in [0.29, 0.717) is 23.1 Å². The van der Waals surface area contributed by atoms with Crippen molar-refractivity contribution in [3.05, 3.63) is 28.7 Å². The first kappa shape index (κ1) is 19.9. The number of fused-ring (bicyclic) bond motifs is 1. The first-order valence-electron chi connectivity index (χ1n) is 10.2. The van der Waals surface area contributed by atoms with Crippen molar-refractivity contribution in [1.29, 1.82) is 0 Å². The highest BCUT2D eigenvalue weighted by atomic mass is 32.2. The highest BCUT2D eigenvalue weighted by Crippen LogP contribution is 2.46. The van der Waals surface area contributed by atoms with Crippen LogP contribution in [0.4, 0.5) is 5.69 Å². The van der Waals surface area contributed by atoms with Crippen molar-refractivity contribution >= 4 is 23.4 Å². The van der Waals surface area contributed by atoms with Gasteiger partial charge in [0.25, 0.3) is 5.79 Å². The fourth-order valence-corrected chi connectivity index (χ4v) is 4.49. The van der Waals surface area contributed by atoms with Gasteiger partial charge in [0, 0.05) is 31.1 Å². The van der Waals surface area contributed by atoms with Crippen LogP contribution in [0, 0.1) is 0 Å². The molecule has 0 radical (unpaired) electrons. The summed E-state index contributed by atoms with van der Waals surface area (Å²) in [5, 5.41) is 9.88. The van der Waals surface area contributed by atoms with Gasteiger partial charge in [-0.2, -0.15) is 0 Å². The van der Waals surface area contributed by atoms with Crippen molar-refractivity contribution in [3.8, 4) is 11.5 Å². The molecule has 1 aliphatic carbocycles. The van der Waals surface area contributed by atoms with Crippen molar-refractivity contribution in [2.24, 2.45) is 0 Å². The first-order valence-corrected chi connectivity index (χ1v) is 11.2. The van der Waals surface area contributed by atoms with Crippen LogP contribution in [0.2, 0.25) is 0 Å². The van der Waals surface area contributed by atoms with Crippen molar-refractivity contribution in [2.75, 3.05) is 11.1 Å². The molecule has 0 bridgehead atoms. The maximum Gasteiger partial charge on any atom is 0.343 e. The molecule has 1 aromatic carbocycles. The summed E-state index contributed by atoms with van der Waals surface area (Å²) in [5.41, 5.74) is 0.421. The van der Waals surface area contributed by atoms with Gasteiger partial charge in [-0.15, -0.1) is 5.10 Å². The molecule has 2 heterocycles. The van der Waals surface area contributed by atoms with E-state index in [1.165, 1.54) is 18.2 Å². The number of aromatic amines is 1. The molecule has 1 aliphatic heterocycles. The van der Waals surface area contributed by atoms with E-state index in [9.17, 15) is 9.59 Å². The maximum absolute atomic E-state index is 12.4. The van der Waals surface area contributed by atoms with Gasteiger partial charge in [0.2, 0.25) is 5.91 Å². The number of nitrogens with one attached hydrogen (secondary N) is 2. The number of H-pyrrole nitrogens is 1. The van der Waals surface area contributed by atoms with E-state index in [0.717, 1.165) is 44.3 Å². The predicted octanol–water partition coefficient (Wildman–Crippen LogP) is 3.53. The number of hydrogen-bond acceptors (Lipinski definition) is 6. The van der Waals surface area contributed by atoms with Crippen LogP contribution in [-0.2, 0) is 11.3 Å². The molecule has 2 aliphatic rings. The molecule has 9 heteroatoms. The second-order valence-corrected chi connectivity index (χ2v) is 8.43. The summed E-state index contributed by atoms with van der Waals surface area (Å²) >= 11 is 1.24. The lowest BCUT2D eigenvalue weighted by Crippen LogP contribution is -2.40. The van der Waals surface area contributed by atoms with Crippen LogP contribution in [0.1, 0.15) is 51.9 Å². The molecule has 0 atom stereocenters. The molecular weight excluding hydrogens is 392 g/mol. The average Bonchev–Trinajstić information content (AvgIpc) is 3.24. The summed E-state index contributed by atoms with van der Waals surface area (Å²) in [7, 11) is 0. The third-order valence-electron chi connectivity index (χ3n) is 5.23. The second kappa shape index (κ2) is 8.52. The Morgan fingerprint density at radius 3 is 2.86 bits per heavy atom. The van der Waals surface area contributed by atoms with Gasteiger partial charge in [0.15, 0.2) is 16.7 Å². The maximum atomic E-state index is 12.4. The second-order valence-electron chi connectivity index (χ2n) is 7.49. The van der Waals surface area contributed by atoms with Gasteiger partial charge in [-0.05, 0) is 31.4 Å². The number of amides is 1. The van der Waals surface area contributed by atoms with Crippen molar-refractivity contribution in [3.63, 3.8) is 0 Å². The van der Waals surface area contributed by atoms with Crippen LogP contribution in [0.15, 0.2) is 28.2 Å². The number of carbonyl (C=O) groups excluding carboxylic acids is 1. The molecule has 2 aromatic rings. The van der Waals surface area contributed by atoms with E-state index in [-0.39, 0.29) is 17.3 Å². The van der Waals surface area contributed by atoms with Gasteiger partial charge < -0.3 is 14.8 Å². The average molecular weight is 419 g/mol. The number of thioether (sulfide) groups is 1. The Morgan fingerprint density at radius 2 is 2.07 bits per heavy atom. The molecule has 2 N–H and O–H groups in total. The number of anilines is 1. The number of aromatic nitrogens is 3. The highest BCUT2D eigenvalue weighted by molar-refractivity contribution is 7.99. The number of ether oxygens (including phenoxy) is 2. The van der Waals surface area contributed by atoms with Crippen LogP contribution in [0.5, 0.6) is 11.5 Å². The van der Waals surface area contributed by atoms with E-state index in [1.54, 1.807) is 4.57 Å². The van der Waals surface area contributed by atoms with E-state index in [2.05, 4.69) is 22.4 Å². The molecule has 0 unspecified atom stereocenters. The lowest BCUT2D eigenvalue weighted by Gasteiger charge is -2.31. The number of benzene rings is 1. The third-order valence-corrected chi connectivity index (χ3v) is 6.20. The van der Waals surface area contributed by atoms with Gasteiger partial charge in [-0.25, -0.2) is 9.89 Å². The van der Waals surface area contributed by atoms with E-state index < -0.39 is 5.79 Å². The normalized spacial score (nSPS) is 16.9. The smallest absolute Gasteiger partial charge is 0.343 e. The first-order chi connectivity index (χ1) is 14.1.